The van der Waals surface area contributed by atoms with Gasteiger partial charge in [-0.3, -0.25) is 0 Å². The number of nitrogens with two attached hydrogens (primary N) is 1. The number of benzene rings is 1. The maximum atomic E-state index is 12.4. The Bertz CT molecular complexity index is 605. The topological polar surface area (TPSA) is 81.4 Å². The lowest BCUT2D eigenvalue weighted by Crippen LogP contribution is -2.41. The third kappa shape index (κ3) is 2.52. The molecule has 0 saturated carbocycles. The zero-order valence-electron chi connectivity index (χ0n) is 10.2. The van der Waals surface area contributed by atoms with Gasteiger partial charge < -0.3 is 10.5 Å². The first kappa shape index (κ1) is 13.4. The molecule has 2 bridgehead atoms. The van der Waals surface area contributed by atoms with E-state index in [0.717, 1.165) is 19.3 Å². The summed E-state index contributed by atoms with van der Waals surface area (Å²) in [5.74, 6) is 0. The molecule has 3 atom stereocenters. The van der Waals surface area contributed by atoms with E-state index in [4.69, 9.17) is 10.5 Å². The fraction of sp³-hybridized carbons (Fsp3) is 0.500. The molecule has 3 N–H and O–H groups in total. The maximum Gasteiger partial charge on any atom is 0.242 e. The van der Waals surface area contributed by atoms with Crippen molar-refractivity contribution in [2.45, 2.75) is 42.4 Å². The summed E-state index contributed by atoms with van der Waals surface area (Å²) in [5, 5.41) is 0. The zero-order valence-corrected chi connectivity index (χ0v) is 12.6. The number of nitrogens with one attached hydrogen (secondary N) is 1. The minimum atomic E-state index is -3.55. The summed E-state index contributed by atoms with van der Waals surface area (Å²) in [4.78, 5) is 0.212. The molecule has 1 aromatic rings. The minimum absolute atomic E-state index is 0.0207. The van der Waals surface area contributed by atoms with E-state index in [-0.39, 0.29) is 23.1 Å². The van der Waals surface area contributed by atoms with Gasteiger partial charge in [-0.25, -0.2) is 13.1 Å². The van der Waals surface area contributed by atoms with Crippen LogP contribution in [0.4, 0.5) is 5.69 Å². The molecule has 104 valence electrons. The van der Waals surface area contributed by atoms with Crippen molar-refractivity contribution in [2.24, 2.45) is 0 Å². The van der Waals surface area contributed by atoms with Crippen LogP contribution in [0.25, 0.3) is 0 Å². The van der Waals surface area contributed by atoms with Gasteiger partial charge in [0.25, 0.3) is 0 Å². The lowest BCUT2D eigenvalue weighted by molar-refractivity contribution is 0.0996. The van der Waals surface area contributed by atoms with Gasteiger partial charge in [0.15, 0.2) is 0 Å². The second-order valence-electron chi connectivity index (χ2n) is 5.03. The molecule has 19 heavy (non-hydrogen) atoms. The van der Waals surface area contributed by atoms with Crippen molar-refractivity contribution in [3.63, 3.8) is 0 Å². The molecule has 7 heteroatoms. The summed E-state index contributed by atoms with van der Waals surface area (Å²) in [6.45, 7) is 0. The molecular weight excluding hydrogens is 332 g/mol. The highest BCUT2D eigenvalue weighted by Crippen LogP contribution is 2.35. The Balaban J connectivity index is 1.83. The number of hydrogen-bond acceptors (Lipinski definition) is 4. The standard InChI is InChI=1S/C12H15BrN2O3S/c13-9-5-7(14)1-4-12(9)19(16,17)15-10-6-8-2-3-11(10)18-8/h1,4-5,8,10-11,15H,2-3,6,14H2. The Morgan fingerprint density at radius 2 is 2.16 bits per heavy atom. The van der Waals surface area contributed by atoms with Gasteiger partial charge in [-0.15, -0.1) is 0 Å². The van der Waals surface area contributed by atoms with Gasteiger partial charge in [-0.2, -0.15) is 0 Å². The molecule has 0 radical (unpaired) electrons. The molecule has 3 rings (SSSR count). The van der Waals surface area contributed by atoms with Crippen molar-refractivity contribution in [3.05, 3.63) is 22.7 Å². The van der Waals surface area contributed by atoms with Crippen LogP contribution in [0.3, 0.4) is 0 Å². The van der Waals surface area contributed by atoms with Crippen LogP contribution >= 0.6 is 15.9 Å². The second-order valence-corrected chi connectivity index (χ2v) is 7.56. The largest absolute Gasteiger partial charge is 0.399 e. The first-order valence-electron chi connectivity index (χ1n) is 6.18. The minimum Gasteiger partial charge on any atom is -0.399 e. The number of fused-ring (bicyclic) bond motifs is 2. The van der Waals surface area contributed by atoms with Crippen LogP contribution in [0.15, 0.2) is 27.6 Å². The summed E-state index contributed by atoms with van der Waals surface area (Å²) < 4.78 is 33.6. The Morgan fingerprint density at radius 1 is 1.37 bits per heavy atom. The molecule has 2 fully saturated rings. The molecule has 0 aliphatic carbocycles. The smallest absolute Gasteiger partial charge is 0.242 e. The molecule has 5 nitrogen and oxygen atoms in total. The average Bonchev–Trinajstić information content (AvgIpc) is 2.89. The van der Waals surface area contributed by atoms with E-state index in [1.165, 1.54) is 6.07 Å². The Hall–Kier alpha value is -0.630. The number of sulfonamides is 1. The fourth-order valence-corrected chi connectivity index (χ4v) is 5.13. The average molecular weight is 347 g/mol. The fourth-order valence-electron chi connectivity index (χ4n) is 2.76. The lowest BCUT2D eigenvalue weighted by atomic mass is 9.96. The Kier molecular flexibility index (Phi) is 3.33. The highest BCUT2D eigenvalue weighted by molar-refractivity contribution is 9.10. The monoisotopic (exact) mass is 346 g/mol. The second kappa shape index (κ2) is 4.73. The van der Waals surface area contributed by atoms with Crippen LogP contribution in [-0.4, -0.2) is 26.7 Å². The van der Waals surface area contributed by atoms with Crippen LogP contribution in [0.5, 0.6) is 0 Å². The van der Waals surface area contributed by atoms with Gasteiger partial charge in [0.1, 0.15) is 0 Å². The molecular formula is C12H15BrN2O3S. The number of rotatable bonds is 3. The number of halogens is 1. The van der Waals surface area contributed by atoms with Crippen molar-refractivity contribution < 1.29 is 13.2 Å². The quantitative estimate of drug-likeness (QED) is 0.815. The maximum absolute atomic E-state index is 12.4. The zero-order chi connectivity index (χ0) is 13.6. The number of ether oxygens (including phenoxy) is 1. The molecule has 2 heterocycles. The van der Waals surface area contributed by atoms with Gasteiger partial charge in [-0.1, -0.05) is 0 Å². The molecule has 2 aliphatic rings. The van der Waals surface area contributed by atoms with E-state index in [2.05, 4.69) is 20.7 Å². The van der Waals surface area contributed by atoms with Crippen molar-refractivity contribution >= 4 is 31.6 Å². The highest BCUT2D eigenvalue weighted by Gasteiger charge is 2.42. The molecule has 2 aliphatic heterocycles. The third-order valence-corrected chi connectivity index (χ3v) is 6.12. The van der Waals surface area contributed by atoms with E-state index in [1.807, 2.05) is 0 Å². The highest BCUT2D eigenvalue weighted by atomic mass is 79.9. The van der Waals surface area contributed by atoms with Gasteiger partial charge in [0.2, 0.25) is 10.0 Å². The van der Waals surface area contributed by atoms with Crippen LogP contribution < -0.4 is 10.5 Å². The van der Waals surface area contributed by atoms with E-state index in [9.17, 15) is 8.42 Å². The van der Waals surface area contributed by atoms with Crippen molar-refractivity contribution in [3.8, 4) is 0 Å². The summed E-state index contributed by atoms with van der Waals surface area (Å²) in [7, 11) is -3.55. The molecule has 0 amide bonds. The van der Waals surface area contributed by atoms with Gasteiger partial charge in [0.05, 0.1) is 23.1 Å². The Labute approximate surface area is 120 Å². The van der Waals surface area contributed by atoms with Gasteiger partial charge in [-0.05, 0) is 53.4 Å². The molecule has 2 saturated heterocycles. The predicted octanol–water partition coefficient (Wildman–Crippen LogP) is 1.63. The summed E-state index contributed by atoms with van der Waals surface area (Å²) in [5.41, 5.74) is 6.14. The van der Waals surface area contributed by atoms with Gasteiger partial charge >= 0.3 is 0 Å². The number of anilines is 1. The number of hydrogen-bond donors (Lipinski definition) is 2. The van der Waals surface area contributed by atoms with E-state index >= 15 is 0 Å². The van der Waals surface area contributed by atoms with E-state index in [1.54, 1.807) is 12.1 Å². The SMILES string of the molecule is Nc1ccc(S(=O)(=O)NC2CC3CCC2O3)c(Br)c1. The first-order chi connectivity index (χ1) is 8.95. The van der Waals surface area contributed by atoms with Crippen LogP contribution in [-0.2, 0) is 14.8 Å². The molecule has 0 spiro atoms. The first-order valence-corrected chi connectivity index (χ1v) is 8.46. The van der Waals surface area contributed by atoms with Crippen LogP contribution in [0.2, 0.25) is 0 Å². The third-order valence-electron chi connectivity index (χ3n) is 3.66. The number of nitrogen functional groups attached to an aromatic ring is 1. The molecule has 3 unspecified atom stereocenters. The van der Waals surface area contributed by atoms with E-state index < -0.39 is 10.0 Å². The van der Waals surface area contributed by atoms with Crippen molar-refractivity contribution in [2.75, 3.05) is 5.73 Å². The van der Waals surface area contributed by atoms with E-state index in [0.29, 0.717) is 10.2 Å². The molecule has 0 aromatic heterocycles. The van der Waals surface area contributed by atoms with Crippen LogP contribution in [0, 0.1) is 0 Å². The molecule has 1 aromatic carbocycles. The lowest BCUT2D eigenvalue weighted by Gasteiger charge is -2.20. The summed E-state index contributed by atoms with van der Waals surface area (Å²) in [6.07, 6.45) is 2.96. The Morgan fingerprint density at radius 3 is 2.74 bits per heavy atom. The predicted molar refractivity (Wildman–Crippen MR) is 75.2 cm³/mol. The summed E-state index contributed by atoms with van der Waals surface area (Å²) >= 11 is 3.24. The van der Waals surface area contributed by atoms with Crippen LogP contribution in [0.1, 0.15) is 19.3 Å². The van der Waals surface area contributed by atoms with Crippen molar-refractivity contribution in [1.82, 2.24) is 4.72 Å². The normalized spacial score (nSPS) is 29.8. The summed E-state index contributed by atoms with van der Waals surface area (Å²) in [6, 6.07) is 4.56. The van der Waals surface area contributed by atoms with Gasteiger partial charge in [0, 0.05) is 10.2 Å². The van der Waals surface area contributed by atoms with Crippen molar-refractivity contribution in [1.29, 1.82) is 0 Å².